The number of nitrogens with one attached hydrogen (secondary N) is 1. The predicted octanol–water partition coefficient (Wildman–Crippen LogP) is 0.0445. The Hall–Kier alpha value is -2.50. The van der Waals surface area contributed by atoms with Crippen molar-refractivity contribution in [1.82, 2.24) is 10.3 Å². The molecule has 0 aliphatic rings. The van der Waals surface area contributed by atoms with Crippen LogP contribution in [0.4, 0.5) is 4.79 Å². The van der Waals surface area contributed by atoms with Crippen LogP contribution in [-0.2, 0) is 0 Å². The maximum absolute atomic E-state index is 10.1. The van der Waals surface area contributed by atoms with E-state index in [4.69, 9.17) is 10.2 Å². The molecule has 0 atom stereocenters. The van der Waals surface area contributed by atoms with Crippen LogP contribution < -0.4 is 5.32 Å². The predicted molar refractivity (Wildman–Crippen MR) is 61.1 cm³/mol. The lowest BCUT2D eigenvalue weighted by molar-refractivity contribution is 0.196. The summed E-state index contributed by atoms with van der Waals surface area (Å²) in [5, 5.41) is 18.9. The van der Waals surface area contributed by atoms with Crippen molar-refractivity contribution in [3.8, 4) is 23.7 Å². The Morgan fingerprint density at radius 2 is 2.18 bits per heavy atom. The van der Waals surface area contributed by atoms with E-state index in [2.05, 4.69) is 34.0 Å². The number of aliphatic hydroxyl groups is 1. The number of aliphatic hydroxyl groups excluding tert-OH is 1. The summed E-state index contributed by atoms with van der Waals surface area (Å²) in [4.78, 5) is 14.1. The number of amides is 1. The van der Waals surface area contributed by atoms with Crippen molar-refractivity contribution in [2.24, 2.45) is 0 Å². The lowest BCUT2D eigenvalue weighted by atomic mass is 10.2. The van der Waals surface area contributed by atoms with Gasteiger partial charge in [-0.3, -0.25) is 0 Å². The number of nitrogens with zero attached hydrogens (tertiary/aromatic N) is 1. The van der Waals surface area contributed by atoms with Gasteiger partial charge in [-0.25, -0.2) is 9.78 Å². The van der Waals surface area contributed by atoms with E-state index < -0.39 is 6.09 Å². The van der Waals surface area contributed by atoms with Crippen LogP contribution >= 0.6 is 0 Å². The van der Waals surface area contributed by atoms with Crippen LogP contribution in [0, 0.1) is 23.7 Å². The Kier molecular flexibility index (Phi) is 5.09. The van der Waals surface area contributed by atoms with Gasteiger partial charge < -0.3 is 15.5 Å². The first-order chi connectivity index (χ1) is 8.22. The quantitative estimate of drug-likeness (QED) is 0.595. The van der Waals surface area contributed by atoms with E-state index in [9.17, 15) is 4.79 Å². The van der Waals surface area contributed by atoms with E-state index >= 15 is 0 Å². The number of aromatic nitrogens is 1. The standard InChI is InChI=1S/C12H10N2O3/c15-8-2-3-10-5-6-11(14-9-10)4-1-7-13-12(16)17/h5-6,9,13,15H,7-8H2,(H,16,17). The molecule has 86 valence electrons. The first-order valence-electron chi connectivity index (χ1n) is 4.74. The lowest BCUT2D eigenvalue weighted by Gasteiger charge is -1.91. The Morgan fingerprint density at radius 1 is 1.35 bits per heavy atom. The Balaban J connectivity index is 2.59. The fourth-order valence-corrected chi connectivity index (χ4v) is 0.938. The van der Waals surface area contributed by atoms with Crippen LogP contribution in [0.1, 0.15) is 11.3 Å². The van der Waals surface area contributed by atoms with Gasteiger partial charge >= 0.3 is 6.09 Å². The van der Waals surface area contributed by atoms with Gasteiger partial charge in [0.05, 0.1) is 6.54 Å². The highest BCUT2D eigenvalue weighted by Gasteiger charge is 1.90. The summed E-state index contributed by atoms with van der Waals surface area (Å²) in [6.45, 7) is -0.133. The van der Waals surface area contributed by atoms with Crippen molar-refractivity contribution in [3.05, 3.63) is 29.6 Å². The third-order valence-corrected chi connectivity index (χ3v) is 1.62. The van der Waals surface area contributed by atoms with Gasteiger partial charge in [-0.1, -0.05) is 17.8 Å². The summed E-state index contributed by atoms with van der Waals surface area (Å²) in [5.41, 5.74) is 1.22. The van der Waals surface area contributed by atoms with Crippen molar-refractivity contribution >= 4 is 6.09 Å². The molecular formula is C12H10N2O3. The second kappa shape index (κ2) is 6.89. The molecule has 5 heteroatoms. The highest BCUT2D eigenvalue weighted by Crippen LogP contribution is 1.96. The molecule has 17 heavy (non-hydrogen) atoms. The SMILES string of the molecule is O=C(O)NCC#Cc1ccc(C#CCO)cn1. The van der Waals surface area contributed by atoms with Crippen LogP contribution in [0.3, 0.4) is 0 Å². The molecule has 3 N–H and O–H groups in total. The maximum atomic E-state index is 10.1. The molecule has 0 aliphatic heterocycles. The summed E-state index contributed by atoms with van der Waals surface area (Å²) >= 11 is 0. The third kappa shape index (κ3) is 5.22. The smallest absolute Gasteiger partial charge is 0.405 e. The highest BCUT2D eigenvalue weighted by atomic mass is 16.4. The molecule has 0 fully saturated rings. The Labute approximate surface area is 98.5 Å². The topological polar surface area (TPSA) is 82.5 Å². The molecule has 1 rings (SSSR count). The van der Waals surface area contributed by atoms with E-state index in [1.54, 1.807) is 12.1 Å². The van der Waals surface area contributed by atoms with E-state index in [-0.39, 0.29) is 13.2 Å². The number of rotatable bonds is 1. The van der Waals surface area contributed by atoms with Crippen molar-refractivity contribution in [2.45, 2.75) is 0 Å². The molecule has 1 aromatic rings. The fraction of sp³-hybridized carbons (Fsp3) is 0.167. The van der Waals surface area contributed by atoms with E-state index in [0.717, 1.165) is 0 Å². The number of carboxylic acid groups (broad SMARTS) is 1. The van der Waals surface area contributed by atoms with Crippen molar-refractivity contribution < 1.29 is 15.0 Å². The summed E-state index contributed by atoms with van der Waals surface area (Å²) in [7, 11) is 0. The molecule has 5 nitrogen and oxygen atoms in total. The summed E-state index contributed by atoms with van der Waals surface area (Å²) in [6, 6.07) is 3.40. The summed E-state index contributed by atoms with van der Waals surface area (Å²) in [6.07, 6.45) is 0.430. The van der Waals surface area contributed by atoms with E-state index in [1.807, 2.05) is 0 Å². The molecule has 0 unspecified atom stereocenters. The first-order valence-corrected chi connectivity index (χ1v) is 4.74. The zero-order valence-electron chi connectivity index (χ0n) is 8.90. The number of hydrogen-bond donors (Lipinski definition) is 3. The molecule has 0 aliphatic carbocycles. The number of hydrogen-bond acceptors (Lipinski definition) is 3. The monoisotopic (exact) mass is 230 g/mol. The average Bonchev–Trinajstić information content (AvgIpc) is 2.33. The van der Waals surface area contributed by atoms with Crippen molar-refractivity contribution in [2.75, 3.05) is 13.2 Å². The van der Waals surface area contributed by atoms with Crippen molar-refractivity contribution in [1.29, 1.82) is 0 Å². The third-order valence-electron chi connectivity index (χ3n) is 1.62. The molecule has 1 heterocycles. The normalized spacial score (nSPS) is 8.29. The van der Waals surface area contributed by atoms with E-state index in [1.165, 1.54) is 6.20 Å². The molecular weight excluding hydrogens is 220 g/mol. The van der Waals surface area contributed by atoms with Gasteiger partial charge in [0, 0.05) is 11.8 Å². The summed E-state index contributed by atoms with van der Waals surface area (Å²) in [5.74, 6) is 10.5. The van der Waals surface area contributed by atoms with Crippen molar-refractivity contribution in [3.63, 3.8) is 0 Å². The maximum Gasteiger partial charge on any atom is 0.405 e. The van der Waals surface area contributed by atoms with Gasteiger partial charge in [-0.15, -0.1) is 0 Å². The molecule has 0 spiro atoms. The van der Waals surface area contributed by atoms with Gasteiger partial charge in [0.2, 0.25) is 0 Å². The minimum atomic E-state index is -1.11. The minimum Gasteiger partial charge on any atom is -0.465 e. The molecule has 0 bridgehead atoms. The number of carbonyl (C=O) groups is 1. The Morgan fingerprint density at radius 3 is 2.76 bits per heavy atom. The van der Waals surface area contributed by atoms with Gasteiger partial charge in [0.15, 0.2) is 0 Å². The van der Waals surface area contributed by atoms with Crippen LogP contribution in [0.2, 0.25) is 0 Å². The fourth-order valence-electron chi connectivity index (χ4n) is 0.938. The minimum absolute atomic E-state index is 0.0586. The second-order valence-corrected chi connectivity index (χ2v) is 2.85. The molecule has 0 saturated carbocycles. The second-order valence-electron chi connectivity index (χ2n) is 2.85. The largest absolute Gasteiger partial charge is 0.465 e. The van der Waals surface area contributed by atoms with Gasteiger partial charge in [0.25, 0.3) is 0 Å². The molecule has 0 aromatic carbocycles. The van der Waals surface area contributed by atoms with Crippen LogP contribution in [0.5, 0.6) is 0 Å². The van der Waals surface area contributed by atoms with Gasteiger partial charge in [-0.05, 0) is 18.1 Å². The molecule has 0 radical (unpaired) electrons. The first kappa shape index (κ1) is 12.6. The highest BCUT2D eigenvalue weighted by molar-refractivity contribution is 5.64. The Bertz CT molecular complexity index is 501. The van der Waals surface area contributed by atoms with Crippen LogP contribution in [-0.4, -0.2) is 34.4 Å². The van der Waals surface area contributed by atoms with Crippen LogP contribution in [0.25, 0.3) is 0 Å². The van der Waals surface area contributed by atoms with Crippen LogP contribution in [0.15, 0.2) is 18.3 Å². The molecule has 1 amide bonds. The number of pyridine rings is 1. The van der Waals surface area contributed by atoms with Gasteiger partial charge in [-0.2, -0.15) is 0 Å². The zero-order chi connectivity index (χ0) is 12.5. The zero-order valence-corrected chi connectivity index (χ0v) is 8.90. The average molecular weight is 230 g/mol. The van der Waals surface area contributed by atoms with E-state index in [0.29, 0.717) is 11.3 Å². The lowest BCUT2D eigenvalue weighted by Crippen LogP contribution is -2.20. The summed E-state index contributed by atoms with van der Waals surface area (Å²) < 4.78 is 0. The molecule has 1 aromatic heterocycles. The van der Waals surface area contributed by atoms with Gasteiger partial charge in [0.1, 0.15) is 12.3 Å². The molecule has 0 saturated heterocycles.